The molecule has 0 fully saturated rings. The maximum atomic E-state index is 8.60. The normalized spacial score (nSPS) is 14.4. The second kappa shape index (κ2) is 7.31. The van der Waals surface area contributed by atoms with E-state index in [1.54, 1.807) is 0 Å². The third kappa shape index (κ3) is 5.82. The van der Waals surface area contributed by atoms with E-state index in [2.05, 4.69) is 59.2 Å². The van der Waals surface area contributed by atoms with Crippen LogP contribution in [-0.2, 0) is 4.52 Å². The van der Waals surface area contributed by atoms with Crippen molar-refractivity contribution in [3.8, 4) is 6.07 Å². The van der Waals surface area contributed by atoms with Crippen molar-refractivity contribution in [3.05, 3.63) is 0 Å². The molecule has 0 bridgehead atoms. The maximum Gasteiger partial charge on any atom is 0.110 e. The molecular formula is C13H27N2OP. The number of hydrogen-bond acceptors (Lipinski definition) is 3. The molecule has 4 heteroatoms. The fourth-order valence-electron chi connectivity index (χ4n) is 1.80. The van der Waals surface area contributed by atoms with Gasteiger partial charge in [0.2, 0.25) is 0 Å². The molecular weight excluding hydrogens is 231 g/mol. The standard InChI is InChI=1S/C13H27N2OP/c1-11(2)15(12(3)4)17(13(5,6)7)16-10-8-9-14/h11-12H,8,10H2,1-7H3. The van der Waals surface area contributed by atoms with E-state index >= 15 is 0 Å². The minimum absolute atomic E-state index is 0.110. The van der Waals surface area contributed by atoms with Crippen LogP contribution in [-0.4, -0.2) is 28.5 Å². The van der Waals surface area contributed by atoms with Gasteiger partial charge in [0.15, 0.2) is 0 Å². The topological polar surface area (TPSA) is 36.3 Å². The van der Waals surface area contributed by atoms with Crippen molar-refractivity contribution < 1.29 is 4.52 Å². The Bertz CT molecular complexity index is 245. The molecule has 0 N–H and O–H groups in total. The van der Waals surface area contributed by atoms with Gasteiger partial charge < -0.3 is 4.52 Å². The lowest BCUT2D eigenvalue weighted by molar-refractivity contribution is 0.245. The van der Waals surface area contributed by atoms with Crippen LogP contribution >= 0.6 is 8.30 Å². The molecule has 17 heavy (non-hydrogen) atoms. The molecule has 1 unspecified atom stereocenters. The summed E-state index contributed by atoms with van der Waals surface area (Å²) in [5, 5.41) is 8.71. The minimum Gasteiger partial charge on any atom is -0.342 e. The zero-order valence-corrected chi connectivity index (χ0v) is 13.2. The van der Waals surface area contributed by atoms with Gasteiger partial charge in [-0.15, -0.1) is 0 Å². The van der Waals surface area contributed by atoms with Crippen molar-refractivity contribution in [1.82, 2.24) is 4.67 Å². The molecule has 100 valence electrons. The third-order valence-corrected chi connectivity index (χ3v) is 5.19. The first kappa shape index (κ1) is 16.8. The highest BCUT2D eigenvalue weighted by Crippen LogP contribution is 2.55. The molecule has 0 aliphatic rings. The second-order valence-electron chi connectivity index (χ2n) is 5.75. The summed E-state index contributed by atoms with van der Waals surface area (Å²) in [6.07, 6.45) is 0.471. The van der Waals surface area contributed by atoms with E-state index in [0.29, 0.717) is 25.1 Å². The van der Waals surface area contributed by atoms with Crippen LogP contribution in [0.15, 0.2) is 0 Å². The Labute approximate surface area is 108 Å². The average molecular weight is 258 g/mol. The van der Waals surface area contributed by atoms with Crippen molar-refractivity contribution in [1.29, 1.82) is 5.26 Å². The zero-order chi connectivity index (χ0) is 13.6. The summed E-state index contributed by atoms with van der Waals surface area (Å²) in [6.45, 7) is 16.0. The Balaban J connectivity index is 4.82. The van der Waals surface area contributed by atoms with Crippen LogP contribution in [0.1, 0.15) is 54.9 Å². The molecule has 0 aromatic heterocycles. The second-order valence-corrected chi connectivity index (χ2v) is 8.36. The van der Waals surface area contributed by atoms with E-state index in [9.17, 15) is 0 Å². The molecule has 1 atom stereocenters. The molecule has 0 aliphatic heterocycles. The van der Waals surface area contributed by atoms with Crippen molar-refractivity contribution in [2.45, 2.75) is 72.1 Å². The van der Waals surface area contributed by atoms with Crippen LogP contribution in [0.25, 0.3) is 0 Å². The summed E-state index contributed by atoms with van der Waals surface area (Å²) < 4.78 is 8.44. The van der Waals surface area contributed by atoms with Crippen LogP contribution < -0.4 is 0 Å². The highest BCUT2D eigenvalue weighted by atomic mass is 31.2. The molecule has 0 spiro atoms. The Kier molecular flexibility index (Phi) is 7.24. The first-order chi connectivity index (χ1) is 7.71. The van der Waals surface area contributed by atoms with E-state index in [1.807, 2.05) is 0 Å². The Morgan fingerprint density at radius 2 is 1.65 bits per heavy atom. The van der Waals surface area contributed by atoms with Crippen molar-refractivity contribution >= 4 is 8.30 Å². The molecule has 0 aliphatic carbocycles. The first-order valence-electron chi connectivity index (χ1n) is 6.30. The molecule has 0 radical (unpaired) electrons. The predicted molar refractivity (Wildman–Crippen MR) is 75.0 cm³/mol. The van der Waals surface area contributed by atoms with Gasteiger partial charge in [-0.2, -0.15) is 5.26 Å². The lowest BCUT2D eigenvalue weighted by Gasteiger charge is -2.43. The van der Waals surface area contributed by atoms with Gasteiger partial charge in [0.25, 0.3) is 0 Å². The van der Waals surface area contributed by atoms with Crippen LogP contribution in [0.4, 0.5) is 0 Å². The van der Waals surface area contributed by atoms with Gasteiger partial charge in [0.05, 0.1) is 19.1 Å². The largest absolute Gasteiger partial charge is 0.342 e. The zero-order valence-electron chi connectivity index (χ0n) is 12.3. The molecule has 0 saturated carbocycles. The van der Waals surface area contributed by atoms with E-state index in [0.717, 1.165) is 0 Å². The van der Waals surface area contributed by atoms with Gasteiger partial charge in [-0.05, 0) is 27.7 Å². The van der Waals surface area contributed by atoms with Crippen LogP contribution in [0.3, 0.4) is 0 Å². The molecule has 0 heterocycles. The van der Waals surface area contributed by atoms with Gasteiger partial charge >= 0.3 is 0 Å². The summed E-state index contributed by atoms with van der Waals surface area (Å²) in [6, 6.07) is 3.06. The van der Waals surface area contributed by atoms with Crippen molar-refractivity contribution in [3.63, 3.8) is 0 Å². The summed E-state index contributed by atoms with van der Waals surface area (Å²) in [7, 11) is -0.673. The molecule has 0 rings (SSSR count). The summed E-state index contributed by atoms with van der Waals surface area (Å²) in [5.74, 6) is 0. The lowest BCUT2D eigenvalue weighted by Crippen LogP contribution is -2.38. The summed E-state index contributed by atoms with van der Waals surface area (Å²) in [5.41, 5.74) is 0. The fraction of sp³-hybridized carbons (Fsp3) is 0.923. The fourth-order valence-corrected chi connectivity index (χ4v) is 4.12. The van der Waals surface area contributed by atoms with E-state index in [-0.39, 0.29) is 5.16 Å². The SMILES string of the molecule is CC(C)N(C(C)C)P(OCCC#N)C(C)(C)C. The highest BCUT2D eigenvalue weighted by Gasteiger charge is 2.34. The quantitative estimate of drug-likeness (QED) is 0.530. The number of nitrogens with zero attached hydrogens (tertiary/aromatic N) is 2. The van der Waals surface area contributed by atoms with Crippen LogP contribution in [0.5, 0.6) is 0 Å². The number of rotatable bonds is 6. The Morgan fingerprint density at radius 1 is 1.18 bits per heavy atom. The molecule has 0 aromatic carbocycles. The summed E-state index contributed by atoms with van der Waals surface area (Å²) in [4.78, 5) is 0. The molecule has 0 aromatic rings. The summed E-state index contributed by atoms with van der Waals surface area (Å²) >= 11 is 0. The average Bonchev–Trinajstić information content (AvgIpc) is 2.13. The van der Waals surface area contributed by atoms with E-state index in [1.165, 1.54) is 0 Å². The smallest absolute Gasteiger partial charge is 0.110 e. The molecule has 0 saturated heterocycles. The third-order valence-electron chi connectivity index (χ3n) is 2.27. The number of nitriles is 1. The lowest BCUT2D eigenvalue weighted by atomic mass is 10.3. The monoisotopic (exact) mass is 258 g/mol. The molecule has 0 amide bonds. The van der Waals surface area contributed by atoms with Gasteiger partial charge in [-0.1, -0.05) is 20.8 Å². The van der Waals surface area contributed by atoms with Crippen molar-refractivity contribution in [2.24, 2.45) is 0 Å². The van der Waals surface area contributed by atoms with Crippen LogP contribution in [0, 0.1) is 11.3 Å². The number of hydrogen-bond donors (Lipinski definition) is 0. The molecule has 3 nitrogen and oxygen atoms in total. The van der Waals surface area contributed by atoms with Crippen LogP contribution in [0.2, 0.25) is 0 Å². The van der Waals surface area contributed by atoms with Gasteiger partial charge in [-0.3, -0.25) is 4.67 Å². The maximum absolute atomic E-state index is 8.60. The predicted octanol–water partition coefficient (Wildman–Crippen LogP) is 4.15. The van der Waals surface area contributed by atoms with Gasteiger partial charge in [-0.25, -0.2) is 0 Å². The minimum atomic E-state index is -0.673. The first-order valence-corrected chi connectivity index (χ1v) is 7.51. The van der Waals surface area contributed by atoms with E-state index in [4.69, 9.17) is 9.79 Å². The van der Waals surface area contributed by atoms with E-state index < -0.39 is 8.30 Å². The van der Waals surface area contributed by atoms with Gasteiger partial charge in [0, 0.05) is 17.2 Å². The van der Waals surface area contributed by atoms with Crippen molar-refractivity contribution in [2.75, 3.05) is 6.61 Å². The van der Waals surface area contributed by atoms with Gasteiger partial charge in [0.1, 0.15) is 8.30 Å². The Morgan fingerprint density at radius 3 is 1.94 bits per heavy atom. The highest BCUT2D eigenvalue weighted by molar-refractivity contribution is 7.51. The Hall–Kier alpha value is -0.160.